The van der Waals surface area contributed by atoms with E-state index < -0.39 is 17.2 Å². The molecule has 0 unspecified atom stereocenters. The molecule has 2 heterocycles. The van der Waals surface area contributed by atoms with Crippen LogP contribution in [-0.2, 0) is 9.53 Å². The summed E-state index contributed by atoms with van der Waals surface area (Å²) in [7, 11) is 0. The van der Waals surface area contributed by atoms with Crippen LogP contribution in [0.3, 0.4) is 0 Å². The third kappa shape index (κ3) is 3.01. The molecule has 2 rings (SSSR count). The smallest absolute Gasteiger partial charge is 0.411 e. The third-order valence-electron chi connectivity index (χ3n) is 3.40. The topological polar surface area (TPSA) is 78.5 Å². The van der Waals surface area contributed by atoms with E-state index in [-0.39, 0.29) is 5.91 Å². The Morgan fingerprint density at radius 1 is 1.38 bits per heavy atom. The van der Waals surface area contributed by atoms with E-state index in [2.05, 4.69) is 10.2 Å². The Kier molecular flexibility index (Phi) is 3.69. The minimum Gasteiger partial charge on any atom is -0.444 e. The first-order valence-corrected chi connectivity index (χ1v) is 6.94. The van der Waals surface area contributed by atoms with Crippen LogP contribution in [-0.4, -0.2) is 51.3 Å². The van der Waals surface area contributed by atoms with Crippen molar-refractivity contribution in [3.05, 3.63) is 12.4 Å². The summed E-state index contributed by atoms with van der Waals surface area (Å²) >= 11 is 0. The molecule has 0 aliphatic carbocycles. The van der Waals surface area contributed by atoms with Gasteiger partial charge >= 0.3 is 6.09 Å². The molecule has 2 amide bonds. The van der Waals surface area contributed by atoms with Gasteiger partial charge in [0.05, 0.1) is 11.9 Å². The van der Waals surface area contributed by atoms with E-state index in [4.69, 9.17) is 4.74 Å². The van der Waals surface area contributed by atoms with Gasteiger partial charge in [0, 0.05) is 19.3 Å². The number of carbonyl (C=O) groups is 2. The second-order valence-corrected chi connectivity index (χ2v) is 6.60. The van der Waals surface area contributed by atoms with Crippen LogP contribution in [0.15, 0.2) is 12.4 Å². The van der Waals surface area contributed by atoms with Gasteiger partial charge < -0.3 is 9.64 Å². The maximum atomic E-state index is 12.7. The van der Waals surface area contributed by atoms with Crippen LogP contribution < -0.4 is 4.90 Å². The van der Waals surface area contributed by atoms with Crippen molar-refractivity contribution in [1.29, 1.82) is 0 Å². The van der Waals surface area contributed by atoms with E-state index >= 15 is 0 Å². The Bertz CT molecular complexity index is 531. The van der Waals surface area contributed by atoms with Gasteiger partial charge in [-0.15, -0.1) is 0 Å². The third-order valence-corrected chi connectivity index (χ3v) is 3.40. The highest BCUT2D eigenvalue weighted by Gasteiger charge is 2.46. The van der Waals surface area contributed by atoms with Gasteiger partial charge in [-0.05, 0) is 34.6 Å². The fourth-order valence-corrected chi connectivity index (χ4v) is 2.30. The minimum atomic E-state index is -0.960. The molecule has 1 aliphatic rings. The maximum absolute atomic E-state index is 12.7. The van der Waals surface area contributed by atoms with Crippen molar-refractivity contribution in [3.63, 3.8) is 0 Å². The molecule has 1 aliphatic heterocycles. The summed E-state index contributed by atoms with van der Waals surface area (Å²) in [5, 5.41) is 6.55. The molecule has 0 atom stereocenters. The average Bonchev–Trinajstić information content (AvgIpc) is 2.83. The van der Waals surface area contributed by atoms with E-state index in [0.717, 1.165) is 0 Å². The summed E-state index contributed by atoms with van der Waals surface area (Å²) in [5.41, 5.74) is -0.840. The van der Waals surface area contributed by atoms with Crippen molar-refractivity contribution in [2.75, 3.05) is 18.0 Å². The van der Waals surface area contributed by atoms with Gasteiger partial charge in [0.1, 0.15) is 11.1 Å². The molecule has 1 fully saturated rings. The van der Waals surface area contributed by atoms with Gasteiger partial charge in [-0.25, -0.2) is 4.79 Å². The van der Waals surface area contributed by atoms with Crippen LogP contribution in [0.2, 0.25) is 0 Å². The van der Waals surface area contributed by atoms with Crippen LogP contribution in [0.1, 0.15) is 34.6 Å². The molecule has 116 valence electrons. The summed E-state index contributed by atoms with van der Waals surface area (Å²) in [6.45, 7) is 9.71. The fraction of sp³-hybridized carbons (Fsp3) is 0.643. The fourth-order valence-electron chi connectivity index (χ4n) is 2.30. The van der Waals surface area contributed by atoms with Gasteiger partial charge in [0.15, 0.2) is 0 Å². The minimum absolute atomic E-state index is 0.152. The molecule has 1 aromatic rings. The highest BCUT2D eigenvalue weighted by molar-refractivity contribution is 6.02. The van der Waals surface area contributed by atoms with Gasteiger partial charge in [0.2, 0.25) is 0 Å². The molecule has 1 N–H and O–H groups in total. The number of carbonyl (C=O) groups excluding carboxylic acids is 2. The zero-order chi connectivity index (χ0) is 15.8. The molecule has 21 heavy (non-hydrogen) atoms. The number of amides is 2. The molecule has 1 aromatic heterocycles. The molecule has 0 aromatic carbocycles. The number of hydrogen-bond donors (Lipinski definition) is 1. The molecule has 1 saturated heterocycles. The summed E-state index contributed by atoms with van der Waals surface area (Å²) < 4.78 is 5.38. The van der Waals surface area contributed by atoms with E-state index in [1.54, 1.807) is 51.9 Å². The first-order valence-electron chi connectivity index (χ1n) is 6.94. The van der Waals surface area contributed by atoms with Crippen LogP contribution in [0.4, 0.5) is 10.5 Å². The van der Waals surface area contributed by atoms with Gasteiger partial charge in [-0.1, -0.05) is 0 Å². The van der Waals surface area contributed by atoms with Crippen molar-refractivity contribution in [2.45, 2.75) is 45.8 Å². The number of hydrogen-bond acceptors (Lipinski definition) is 4. The standard InChI is InChI=1S/C14H22N4O3/c1-13(2,3)21-12(20)18-7-6-17(10-8-15-16-9-10)11(19)14(18,4)5/h8-9H,6-7H2,1-5H3,(H,15,16). The molecule has 0 saturated carbocycles. The van der Waals surface area contributed by atoms with Crippen molar-refractivity contribution >= 4 is 17.7 Å². The van der Waals surface area contributed by atoms with Gasteiger partial charge in [-0.3, -0.25) is 14.8 Å². The number of H-pyrrole nitrogens is 1. The molecule has 0 radical (unpaired) electrons. The van der Waals surface area contributed by atoms with E-state index in [0.29, 0.717) is 18.8 Å². The Morgan fingerprint density at radius 2 is 2.05 bits per heavy atom. The summed E-state index contributed by atoms with van der Waals surface area (Å²) in [4.78, 5) is 28.1. The van der Waals surface area contributed by atoms with Crippen molar-refractivity contribution in [3.8, 4) is 0 Å². The number of piperazine rings is 1. The van der Waals surface area contributed by atoms with Crippen molar-refractivity contribution in [2.24, 2.45) is 0 Å². The lowest BCUT2D eigenvalue weighted by atomic mass is 9.98. The number of aromatic nitrogens is 2. The van der Waals surface area contributed by atoms with Crippen molar-refractivity contribution in [1.82, 2.24) is 15.1 Å². The second kappa shape index (κ2) is 5.05. The monoisotopic (exact) mass is 294 g/mol. The first-order chi connectivity index (χ1) is 9.63. The maximum Gasteiger partial charge on any atom is 0.411 e. The van der Waals surface area contributed by atoms with Gasteiger partial charge in [-0.2, -0.15) is 5.10 Å². The normalized spacial score (nSPS) is 18.8. The quantitative estimate of drug-likeness (QED) is 0.856. The second-order valence-electron chi connectivity index (χ2n) is 6.60. The Hall–Kier alpha value is -2.05. The number of anilines is 1. The Balaban J connectivity index is 2.19. The predicted octanol–water partition coefficient (Wildman–Crippen LogP) is 1.77. The number of ether oxygens (including phenoxy) is 1. The molecular weight excluding hydrogens is 272 g/mol. The predicted molar refractivity (Wildman–Crippen MR) is 78.0 cm³/mol. The van der Waals surface area contributed by atoms with Crippen LogP contribution in [0, 0.1) is 0 Å². The summed E-state index contributed by atoms with van der Waals surface area (Å²) in [5.74, 6) is -0.152. The molecule has 0 spiro atoms. The number of nitrogens with one attached hydrogen (secondary N) is 1. The average molecular weight is 294 g/mol. The first kappa shape index (κ1) is 15.3. The number of nitrogens with zero attached hydrogens (tertiary/aromatic N) is 3. The Morgan fingerprint density at radius 3 is 2.57 bits per heavy atom. The lowest BCUT2D eigenvalue weighted by molar-refractivity contribution is -0.131. The zero-order valence-electron chi connectivity index (χ0n) is 13.1. The largest absolute Gasteiger partial charge is 0.444 e. The highest BCUT2D eigenvalue weighted by atomic mass is 16.6. The molecular formula is C14H22N4O3. The SMILES string of the molecule is CC(C)(C)OC(=O)N1CCN(c2cn[nH]c2)C(=O)C1(C)C. The summed E-state index contributed by atoms with van der Waals surface area (Å²) in [6.07, 6.45) is 2.79. The molecule has 7 heteroatoms. The highest BCUT2D eigenvalue weighted by Crippen LogP contribution is 2.27. The van der Waals surface area contributed by atoms with E-state index in [9.17, 15) is 9.59 Å². The van der Waals surface area contributed by atoms with E-state index in [1.165, 1.54) is 4.90 Å². The van der Waals surface area contributed by atoms with Crippen LogP contribution in [0.25, 0.3) is 0 Å². The summed E-state index contributed by atoms with van der Waals surface area (Å²) in [6, 6.07) is 0. The molecule has 0 bridgehead atoms. The van der Waals surface area contributed by atoms with Gasteiger partial charge in [0.25, 0.3) is 5.91 Å². The Labute approximate surface area is 124 Å². The van der Waals surface area contributed by atoms with Crippen LogP contribution in [0.5, 0.6) is 0 Å². The zero-order valence-corrected chi connectivity index (χ0v) is 13.1. The number of rotatable bonds is 1. The lowest BCUT2D eigenvalue weighted by Gasteiger charge is -2.45. The lowest BCUT2D eigenvalue weighted by Crippen LogP contribution is -2.65. The van der Waals surface area contributed by atoms with Crippen molar-refractivity contribution < 1.29 is 14.3 Å². The van der Waals surface area contributed by atoms with E-state index in [1.807, 2.05) is 0 Å². The molecule has 7 nitrogen and oxygen atoms in total. The van der Waals surface area contributed by atoms with Crippen LogP contribution >= 0.6 is 0 Å². The number of aromatic amines is 1.